The SMILES string of the molecule is CC(CC(=O)O)N1C(=O)CN(C)c2ccccc21. The number of rotatable bonds is 3. The Hall–Kier alpha value is -2.04. The van der Waals surface area contributed by atoms with Crippen LogP contribution in [0.15, 0.2) is 24.3 Å². The quantitative estimate of drug-likeness (QED) is 0.876. The van der Waals surface area contributed by atoms with E-state index in [0.717, 1.165) is 11.4 Å². The molecule has 1 aliphatic heterocycles. The van der Waals surface area contributed by atoms with Crippen molar-refractivity contribution in [2.45, 2.75) is 19.4 Å². The maximum atomic E-state index is 12.1. The second-order valence-corrected chi connectivity index (χ2v) is 4.56. The smallest absolute Gasteiger partial charge is 0.305 e. The van der Waals surface area contributed by atoms with Crippen molar-refractivity contribution in [3.05, 3.63) is 24.3 Å². The first-order valence-corrected chi connectivity index (χ1v) is 5.84. The number of nitrogens with zero attached hydrogens (tertiary/aromatic N) is 2. The Morgan fingerprint density at radius 1 is 1.39 bits per heavy atom. The number of aliphatic carboxylic acids is 1. The van der Waals surface area contributed by atoms with Gasteiger partial charge in [0.15, 0.2) is 0 Å². The van der Waals surface area contributed by atoms with E-state index < -0.39 is 5.97 Å². The number of para-hydroxylation sites is 2. The molecule has 1 N–H and O–H groups in total. The Kier molecular flexibility index (Phi) is 3.23. The van der Waals surface area contributed by atoms with Crippen molar-refractivity contribution in [1.29, 1.82) is 0 Å². The number of carbonyl (C=O) groups is 2. The number of benzene rings is 1. The average molecular weight is 248 g/mol. The Balaban J connectivity index is 2.38. The van der Waals surface area contributed by atoms with Crippen LogP contribution in [0.5, 0.6) is 0 Å². The van der Waals surface area contributed by atoms with E-state index in [0.29, 0.717) is 0 Å². The molecule has 1 amide bonds. The number of carbonyl (C=O) groups excluding carboxylic acids is 1. The van der Waals surface area contributed by atoms with Crippen LogP contribution in [0, 0.1) is 0 Å². The van der Waals surface area contributed by atoms with Gasteiger partial charge in [-0.2, -0.15) is 0 Å². The van der Waals surface area contributed by atoms with Crippen LogP contribution in [0.3, 0.4) is 0 Å². The molecule has 0 saturated heterocycles. The number of fused-ring (bicyclic) bond motifs is 1. The zero-order valence-corrected chi connectivity index (χ0v) is 10.5. The van der Waals surface area contributed by atoms with Crippen LogP contribution in [0.4, 0.5) is 11.4 Å². The van der Waals surface area contributed by atoms with E-state index in [1.165, 1.54) is 0 Å². The molecule has 0 fully saturated rings. The molecule has 5 heteroatoms. The normalized spacial score (nSPS) is 16.4. The van der Waals surface area contributed by atoms with E-state index in [9.17, 15) is 9.59 Å². The number of hydrogen-bond donors (Lipinski definition) is 1. The fourth-order valence-corrected chi connectivity index (χ4v) is 2.32. The lowest BCUT2D eigenvalue weighted by Gasteiger charge is -2.38. The highest BCUT2D eigenvalue weighted by Gasteiger charge is 2.31. The summed E-state index contributed by atoms with van der Waals surface area (Å²) in [7, 11) is 1.86. The Bertz CT molecular complexity index is 487. The van der Waals surface area contributed by atoms with Crippen LogP contribution >= 0.6 is 0 Å². The largest absolute Gasteiger partial charge is 0.481 e. The Morgan fingerprint density at radius 3 is 2.61 bits per heavy atom. The van der Waals surface area contributed by atoms with Gasteiger partial charge >= 0.3 is 5.97 Å². The lowest BCUT2D eigenvalue weighted by atomic mass is 10.1. The highest BCUT2D eigenvalue weighted by Crippen LogP contribution is 2.34. The highest BCUT2D eigenvalue weighted by molar-refractivity contribution is 6.03. The summed E-state index contributed by atoms with van der Waals surface area (Å²) in [5.41, 5.74) is 1.74. The van der Waals surface area contributed by atoms with Gasteiger partial charge in [-0.05, 0) is 19.1 Å². The van der Waals surface area contributed by atoms with Gasteiger partial charge in [-0.25, -0.2) is 0 Å². The first-order valence-electron chi connectivity index (χ1n) is 5.84. The summed E-state index contributed by atoms with van der Waals surface area (Å²) >= 11 is 0. The second-order valence-electron chi connectivity index (χ2n) is 4.56. The predicted octanol–water partition coefficient (Wildman–Crippen LogP) is 1.33. The van der Waals surface area contributed by atoms with E-state index in [4.69, 9.17) is 5.11 Å². The van der Waals surface area contributed by atoms with E-state index in [1.54, 1.807) is 11.8 Å². The molecule has 0 aliphatic carbocycles. The topological polar surface area (TPSA) is 60.9 Å². The van der Waals surface area contributed by atoms with E-state index in [2.05, 4.69) is 0 Å². The van der Waals surface area contributed by atoms with E-state index in [1.807, 2.05) is 36.2 Å². The number of likely N-dealkylation sites (N-methyl/N-ethyl adjacent to an activating group) is 1. The number of carboxylic acids is 1. The number of amides is 1. The molecule has 5 nitrogen and oxygen atoms in total. The van der Waals surface area contributed by atoms with Gasteiger partial charge < -0.3 is 14.9 Å². The Labute approximate surface area is 106 Å². The average Bonchev–Trinajstić information content (AvgIpc) is 2.28. The van der Waals surface area contributed by atoms with Gasteiger partial charge in [0.1, 0.15) is 0 Å². The minimum absolute atomic E-state index is 0.0518. The number of hydrogen-bond acceptors (Lipinski definition) is 3. The van der Waals surface area contributed by atoms with Crippen LogP contribution in [-0.4, -0.2) is 36.6 Å². The summed E-state index contributed by atoms with van der Waals surface area (Å²) in [5, 5.41) is 8.85. The lowest BCUT2D eigenvalue weighted by molar-refractivity contribution is -0.137. The van der Waals surface area contributed by atoms with Gasteiger partial charge in [0.25, 0.3) is 0 Å². The molecule has 1 unspecified atom stereocenters. The first-order chi connectivity index (χ1) is 8.50. The van der Waals surface area contributed by atoms with Crippen molar-refractivity contribution in [3.63, 3.8) is 0 Å². The standard InChI is InChI=1S/C13H16N2O3/c1-9(7-13(17)18)15-11-6-4-3-5-10(11)14(2)8-12(15)16/h3-6,9H,7-8H2,1-2H3,(H,17,18). The van der Waals surface area contributed by atoms with Crippen molar-refractivity contribution in [2.24, 2.45) is 0 Å². The lowest BCUT2D eigenvalue weighted by Crippen LogP contribution is -2.49. The molecule has 96 valence electrons. The van der Waals surface area contributed by atoms with Crippen molar-refractivity contribution in [3.8, 4) is 0 Å². The molecule has 0 saturated carbocycles. The molecule has 18 heavy (non-hydrogen) atoms. The van der Waals surface area contributed by atoms with Gasteiger partial charge in [-0.1, -0.05) is 12.1 Å². The highest BCUT2D eigenvalue weighted by atomic mass is 16.4. The summed E-state index contributed by atoms with van der Waals surface area (Å²) < 4.78 is 0. The van der Waals surface area contributed by atoms with Gasteiger partial charge in [-0.3, -0.25) is 9.59 Å². The van der Waals surface area contributed by atoms with Crippen molar-refractivity contribution in [1.82, 2.24) is 0 Å². The minimum atomic E-state index is -0.897. The monoisotopic (exact) mass is 248 g/mol. The Morgan fingerprint density at radius 2 is 2.00 bits per heavy atom. The molecule has 1 heterocycles. The fraction of sp³-hybridized carbons (Fsp3) is 0.385. The molecule has 0 bridgehead atoms. The third kappa shape index (κ3) is 2.16. The molecular formula is C13H16N2O3. The van der Waals surface area contributed by atoms with E-state index >= 15 is 0 Å². The molecular weight excluding hydrogens is 232 g/mol. The third-order valence-electron chi connectivity index (χ3n) is 3.10. The summed E-state index contributed by atoms with van der Waals surface area (Å²) in [6.07, 6.45) is -0.0518. The van der Waals surface area contributed by atoms with Crippen LogP contribution in [0.25, 0.3) is 0 Å². The molecule has 1 aliphatic rings. The molecule has 0 radical (unpaired) electrons. The molecule has 0 aromatic heterocycles. The van der Waals surface area contributed by atoms with Crippen LogP contribution in [0.2, 0.25) is 0 Å². The summed E-state index contributed by atoms with van der Waals surface area (Å²) in [6.45, 7) is 2.04. The molecule has 1 atom stereocenters. The van der Waals surface area contributed by atoms with Crippen LogP contribution in [-0.2, 0) is 9.59 Å². The van der Waals surface area contributed by atoms with Gasteiger partial charge in [-0.15, -0.1) is 0 Å². The van der Waals surface area contributed by atoms with Gasteiger partial charge in [0, 0.05) is 13.1 Å². The van der Waals surface area contributed by atoms with Gasteiger partial charge in [0.2, 0.25) is 5.91 Å². The molecule has 2 rings (SSSR count). The fourth-order valence-electron chi connectivity index (χ4n) is 2.32. The molecule has 1 aromatic carbocycles. The zero-order chi connectivity index (χ0) is 13.3. The number of anilines is 2. The van der Waals surface area contributed by atoms with Crippen molar-refractivity contribution in [2.75, 3.05) is 23.4 Å². The third-order valence-corrected chi connectivity index (χ3v) is 3.10. The van der Waals surface area contributed by atoms with Crippen LogP contribution < -0.4 is 9.80 Å². The maximum absolute atomic E-state index is 12.1. The first kappa shape index (κ1) is 12.4. The van der Waals surface area contributed by atoms with Gasteiger partial charge in [0.05, 0.1) is 24.3 Å². The second kappa shape index (κ2) is 4.68. The summed E-state index contributed by atoms with van der Waals surface area (Å²) in [4.78, 5) is 26.3. The molecule has 0 spiro atoms. The van der Waals surface area contributed by atoms with Crippen molar-refractivity contribution >= 4 is 23.3 Å². The van der Waals surface area contributed by atoms with Crippen molar-refractivity contribution < 1.29 is 14.7 Å². The van der Waals surface area contributed by atoms with Crippen LogP contribution in [0.1, 0.15) is 13.3 Å². The summed E-state index contributed by atoms with van der Waals surface area (Å²) in [5.74, 6) is -0.961. The molecule has 1 aromatic rings. The zero-order valence-electron chi connectivity index (χ0n) is 10.5. The minimum Gasteiger partial charge on any atom is -0.481 e. The van der Waals surface area contributed by atoms with E-state index in [-0.39, 0.29) is 24.9 Å². The maximum Gasteiger partial charge on any atom is 0.305 e. The predicted molar refractivity (Wildman–Crippen MR) is 68.9 cm³/mol. The summed E-state index contributed by atoms with van der Waals surface area (Å²) in [6, 6.07) is 7.20. The number of carboxylic acid groups (broad SMARTS) is 1.